The largest absolute Gasteiger partial charge is 0.465 e. The van der Waals surface area contributed by atoms with Crippen molar-refractivity contribution in [3.63, 3.8) is 0 Å². The summed E-state index contributed by atoms with van der Waals surface area (Å²) in [5.74, 6) is -0.346. The Morgan fingerprint density at radius 3 is 1.48 bits per heavy atom. The summed E-state index contributed by atoms with van der Waals surface area (Å²) in [4.78, 5) is 24.3. The molecular weight excluding hydrogens is 412 g/mol. The second-order valence-corrected chi connectivity index (χ2v) is 9.26. The van der Waals surface area contributed by atoms with Gasteiger partial charge in [0.25, 0.3) is 0 Å². The molecule has 0 amide bonds. The van der Waals surface area contributed by atoms with E-state index in [9.17, 15) is 9.59 Å². The van der Waals surface area contributed by atoms with E-state index in [0.717, 1.165) is 11.1 Å². The number of rotatable bonds is 5. The van der Waals surface area contributed by atoms with Gasteiger partial charge in [0.1, 0.15) is 5.75 Å². The van der Waals surface area contributed by atoms with Gasteiger partial charge in [-0.15, -0.1) is 0 Å². The Hall–Kier alpha value is -3.40. The lowest BCUT2D eigenvalue weighted by atomic mass is 9.75. The minimum Gasteiger partial charge on any atom is -0.465 e. The van der Waals surface area contributed by atoms with Crippen LogP contribution in [0.15, 0.2) is 48.5 Å². The van der Waals surface area contributed by atoms with E-state index in [0.29, 0.717) is 16.9 Å². The lowest BCUT2D eigenvalue weighted by molar-refractivity contribution is 0.0599. The molecule has 0 N–H and O–H groups in total. The molecule has 4 nitrogen and oxygen atoms in total. The number of esters is 2. The summed E-state index contributed by atoms with van der Waals surface area (Å²) in [6.07, 6.45) is 0. The van der Waals surface area contributed by atoms with Gasteiger partial charge in [0.2, 0.25) is 0 Å². The molecule has 0 spiro atoms. The summed E-state index contributed by atoms with van der Waals surface area (Å²) in [6, 6.07) is 15.0. The first kappa shape index (κ1) is 24.2. The predicted octanol–water partition coefficient (Wildman–Crippen LogP) is 6.56. The number of ether oxygens (including phenoxy) is 2. The normalized spacial score (nSPS) is 11.3. The number of benzene rings is 3. The van der Waals surface area contributed by atoms with Gasteiger partial charge in [-0.1, -0.05) is 38.1 Å². The molecule has 0 radical (unpaired) electrons. The molecule has 0 aliphatic rings. The van der Waals surface area contributed by atoms with E-state index >= 15 is 0 Å². The molecule has 0 heterocycles. The maximum absolute atomic E-state index is 12.7. The van der Waals surface area contributed by atoms with Gasteiger partial charge >= 0.3 is 11.9 Å². The van der Waals surface area contributed by atoms with Crippen LogP contribution in [0.1, 0.15) is 73.5 Å². The number of hydrogen-bond donors (Lipinski definition) is 0. The Morgan fingerprint density at radius 2 is 1.06 bits per heavy atom. The van der Waals surface area contributed by atoms with Crippen molar-refractivity contribution in [2.45, 2.75) is 53.9 Å². The highest BCUT2D eigenvalue weighted by Crippen LogP contribution is 2.37. The van der Waals surface area contributed by atoms with Crippen molar-refractivity contribution in [2.75, 3.05) is 7.11 Å². The minimum absolute atomic E-state index is 0.203. The fraction of sp³-hybridized carbons (Fsp3) is 0.310. The average molecular weight is 445 g/mol. The Kier molecular flexibility index (Phi) is 6.78. The van der Waals surface area contributed by atoms with Gasteiger partial charge in [0.05, 0.1) is 18.2 Å². The number of carbonyl (C=O) groups is 2. The highest BCUT2D eigenvalue weighted by Gasteiger charge is 2.26. The van der Waals surface area contributed by atoms with E-state index in [4.69, 9.17) is 9.47 Å². The summed E-state index contributed by atoms with van der Waals surface area (Å²) < 4.78 is 10.5. The minimum atomic E-state index is -0.464. The first-order valence-corrected chi connectivity index (χ1v) is 11.1. The van der Waals surface area contributed by atoms with Crippen LogP contribution in [-0.4, -0.2) is 19.0 Å². The van der Waals surface area contributed by atoms with Crippen LogP contribution in [0.2, 0.25) is 0 Å². The van der Waals surface area contributed by atoms with Crippen LogP contribution in [0.3, 0.4) is 0 Å². The molecule has 0 aliphatic carbocycles. The van der Waals surface area contributed by atoms with E-state index in [1.54, 1.807) is 24.3 Å². The lowest BCUT2D eigenvalue weighted by Gasteiger charge is -2.29. The summed E-state index contributed by atoms with van der Waals surface area (Å²) >= 11 is 0. The van der Waals surface area contributed by atoms with Crippen LogP contribution in [0.5, 0.6) is 5.75 Å². The van der Waals surface area contributed by atoms with E-state index in [2.05, 4.69) is 58.9 Å². The van der Waals surface area contributed by atoms with Gasteiger partial charge in [-0.05, 0) is 97.8 Å². The van der Waals surface area contributed by atoms with Crippen molar-refractivity contribution in [1.29, 1.82) is 0 Å². The van der Waals surface area contributed by atoms with Crippen LogP contribution in [0.4, 0.5) is 0 Å². The third-order valence-corrected chi connectivity index (χ3v) is 6.57. The molecule has 0 aliphatic heterocycles. The SMILES string of the molecule is COC(=O)c1ccc(C(=O)Oc2c(C)cc(C(C)(C)c3cc(C)c(C)c(C)c3)cc2C)cc1. The molecule has 33 heavy (non-hydrogen) atoms. The van der Waals surface area contributed by atoms with Gasteiger partial charge in [0.15, 0.2) is 0 Å². The molecule has 0 aromatic heterocycles. The van der Waals surface area contributed by atoms with Crippen molar-refractivity contribution >= 4 is 11.9 Å². The summed E-state index contributed by atoms with van der Waals surface area (Å²) in [5.41, 5.74) is 8.68. The summed E-state index contributed by atoms with van der Waals surface area (Å²) in [6.45, 7) is 14.8. The molecule has 3 aromatic carbocycles. The van der Waals surface area contributed by atoms with Crippen LogP contribution < -0.4 is 4.74 Å². The molecule has 3 aromatic rings. The lowest BCUT2D eigenvalue weighted by Crippen LogP contribution is -2.20. The zero-order valence-corrected chi connectivity index (χ0v) is 20.8. The van der Waals surface area contributed by atoms with Crippen molar-refractivity contribution in [3.8, 4) is 5.75 Å². The summed E-state index contributed by atoms with van der Waals surface area (Å²) in [5, 5.41) is 0. The fourth-order valence-electron chi connectivity index (χ4n) is 4.05. The van der Waals surface area contributed by atoms with Gasteiger partial charge in [-0.2, -0.15) is 0 Å². The molecule has 0 saturated carbocycles. The van der Waals surface area contributed by atoms with Crippen LogP contribution in [0, 0.1) is 34.6 Å². The maximum atomic E-state index is 12.7. The van der Waals surface area contributed by atoms with Crippen molar-refractivity contribution in [3.05, 3.63) is 98.6 Å². The molecule has 3 rings (SSSR count). The number of carbonyl (C=O) groups excluding carboxylic acids is 2. The number of hydrogen-bond acceptors (Lipinski definition) is 4. The average Bonchev–Trinajstić information content (AvgIpc) is 2.78. The van der Waals surface area contributed by atoms with Crippen LogP contribution in [0.25, 0.3) is 0 Å². The van der Waals surface area contributed by atoms with Crippen molar-refractivity contribution in [1.82, 2.24) is 0 Å². The molecule has 0 fully saturated rings. The zero-order chi connectivity index (χ0) is 24.5. The second kappa shape index (κ2) is 9.22. The Balaban J connectivity index is 1.90. The molecule has 0 unspecified atom stereocenters. The van der Waals surface area contributed by atoms with Gasteiger partial charge < -0.3 is 9.47 Å². The van der Waals surface area contributed by atoms with Gasteiger partial charge in [-0.25, -0.2) is 9.59 Å². The standard InChI is InChI=1S/C29H32O4/c1-17-13-24(14-18(2)21(17)5)29(6,7)25-15-19(3)26(20(4)16-25)33-28(31)23-11-9-22(10-12-23)27(30)32-8/h9-16H,1-8H3. The molecule has 0 atom stereocenters. The second-order valence-electron chi connectivity index (χ2n) is 9.26. The smallest absolute Gasteiger partial charge is 0.343 e. The third-order valence-electron chi connectivity index (χ3n) is 6.57. The van der Waals surface area contributed by atoms with Crippen LogP contribution in [-0.2, 0) is 10.2 Å². The zero-order valence-electron chi connectivity index (χ0n) is 20.8. The molecule has 4 heteroatoms. The molecular formula is C29H32O4. The van der Waals surface area contributed by atoms with Crippen LogP contribution >= 0.6 is 0 Å². The number of aryl methyl sites for hydroxylation is 4. The van der Waals surface area contributed by atoms with E-state index < -0.39 is 11.9 Å². The van der Waals surface area contributed by atoms with Gasteiger partial charge in [0, 0.05) is 5.41 Å². The van der Waals surface area contributed by atoms with E-state index in [1.165, 1.54) is 34.9 Å². The third kappa shape index (κ3) is 4.85. The first-order chi connectivity index (χ1) is 15.4. The van der Waals surface area contributed by atoms with Crippen molar-refractivity contribution < 1.29 is 19.1 Å². The quantitative estimate of drug-likeness (QED) is 0.330. The van der Waals surface area contributed by atoms with Crippen molar-refractivity contribution in [2.24, 2.45) is 0 Å². The Morgan fingerprint density at radius 1 is 0.667 bits per heavy atom. The fourth-order valence-corrected chi connectivity index (χ4v) is 4.05. The monoisotopic (exact) mass is 444 g/mol. The highest BCUT2D eigenvalue weighted by molar-refractivity contribution is 5.94. The Labute approximate surface area is 196 Å². The molecule has 172 valence electrons. The summed E-state index contributed by atoms with van der Waals surface area (Å²) in [7, 11) is 1.32. The first-order valence-electron chi connectivity index (χ1n) is 11.1. The molecule has 0 saturated heterocycles. The Bertz CT molecular complexity index is 1170. The maximum Gasteiger partial charge on any atom is 0.343 e. The van der Waals surface area contributed by atoms with E-state index in [-0.39, 0.29) is 5.41 Å². The topological polar surface area (TPSA) is 52.6 Å². The van der Waals surface area contributed by atoms with Gasteiger partial charge in [-0.3, -0.25) is 0 Å². The highest BCUT2D eigenvalue weighted by atomic mass is 16.5. The number of methoxy groups -OCH3 is 1. The predicted molar refractivity (Wildman–Crippen MR) is 131 cm³/mol. The van der Waals surface area contributed by atoms with E-state index in [1.807, 2.05) is 13.8 Å². The molecule has 0 bridgehead atoms.